The first-order chi connectivity index (χ1) is 52.1. The number of imide groups is 2. The molecule has 0 spiro atoms. The molecule has 0 aromatic heterocycles. The van der Waals surface area contributed by atoms with Crippen LogP contribution in [0.1, 0.15) is 163 Å². The van der Waals surface area contributed by atoms with Crippen molar-refractivity contribution in [3.8, 4) is 34.5 Å². The average Bonchev–Trinajstić information content (AvgIpc) is 0.800. The van der Waals surface area contributed by atoms with Gasteiger partial charge < -0.3 is 28.9 Å². The Bertz CT molecular complexity index is 5580. The molecule has 0 radical (unpaired) electrons. The molecule has 0 bridgehead atoms. The Morgan fingerprint density at radius 3 is 1.07 bits per heavy atom. The van der Waals surface area contributed by atoms with Crippen LogP contribution in [0, 0.1) is 0 Å². The third-order valence-electron chi connectivity index (χ3n) is 20.9. The Morgan fingerprint density at radius 1 is 0.355 bits per heavy atom. The van der Waals surface area contributed by atoms with Gasteiger partial charge in [-0.3, -0.25) is 38.4 Å². The summed E-state index contributed by atoms with van der Waals surface area (Å²) in [6, 6.07) is 73.5. The first kappa shape index (κ1) is 68.0. The molecular formula is C90H70N6O11. The minimum Gasteiger partial charge on any atom is -0.457 e. The lowest BCUT2D eigenvalue weighted by molar-refractivity contribution is 0.0877. The van der Waals surface area contributed by atoms with E-state index < -0.39 is 47.3 Å². The number of hydrogen-bond acceptors (Lipinski definition) is 11. The van der Waals surface area contributed by atoms with Crippen molar-refractivity contribution in [3.05, 3.63) is 316 Å². The summed E-state index contributed by atoms with van der Waals surface area (Å²) < 4.78 is 19.3. The van der Waals surface area contributed by atoms with Crippen molar-refractivity contribution in [3.63, 3.8) is 0 Å². The van der Waals surface area contributed by atoms with Gasteiger partial charge in [-0.1, -0.05) is 111 Å². The van der Waals surface area contributed by atoms with Crippen LogP contribution in [0.15, 0.2) is 260 Å². The highest BCUT2D eigenvalue weighted by atomic mass is 16.5. The highest BCUT2D eigenvalue weighted by molar-refractivity contribution is 6.40. The number of para-hydroxylation sites is 4. The molecule has 2 aliphatic carbocycles. The number of nitrogens with zero attached hydrogens (tertiary/aromatic N) is 6. The van der Waals surface area contributed by atoms with E-state index in [2.05, 4.69) is 4.99 Å². The van der Waals surface area contributed by atoms with Crippen LogP contribution in [0.3, 0.4) is 0 Å². The average molecular weight is 1410 g/mol. The van der Waals surface area contributed by atoms with E-state index in [1.54, 1.807) is 149 Å². The van der Waals surface area contributed by atoms with Gasteiger partial charge in [0.25, 0.3) is 47.3 Å². The van der Waals surface area contributed by atoms with Crippen LogP contribution in [0.2, 0.25) is 0 Å². The minimum atomic E-state index is -0.729. The minimum absolute atomic E-state index is 0.00335. The van der Waals surface area contributed by atoms with Crippen molar-refractivity contribution in [2.24, 2.45) is 4.99 Å². The van der Waals surface area contributed by atoms with E-state index in [1.807, 2.05) is 97.1 Å². The van der Waals surface area contributed by atoms with E-state index >= 15 is 14.4 Å². The molecule has 4 aliphatic rings. The number of carbonyl (C=O) groups is 8. The predicted molar refractivity (Wildman–Crippen MR) is 414 cm³/mol. The van der Waals surface area contributed by atoms with Crippen LogP contribution in [-0.4, -0.2) is 74.6 Å². The van der Waals surface area contributed by atoms with Crippen molar-refractivity contribution < 1.29 is 52.6 Å². The largest absolute Gasteiger partial charge is 0.457 e. The Kier molecular flexibility index (Phi) is 18.2. The maximum Gasteiger partial charge on any atom is 0.277 e. The summed E-state index contributed by atoms with van der Waals surface area (Å²) in [5.41, 5.74) is 5.58. The van der Waals surface area contributed by atoms with Crippen molar-refractivity contribution in [1.29, 1.82) is 0 Å². The molecule has 17 nitrogen and oxygen atoms in total. The Labute approximate surface area is 617 Å². The smallest absolute Gasteiger partial charge is 0.277 e. The van der Waals surface area contributed by atoms with Crippen LogP contribution in [0.25, 0.3) is 21.5 Å². The Morgan fingerprint density at radius 2 is 0.682 bits per heavy atom. The SMILES string of the molecule is CN(C(=O)c1ccc2c3c(ccc(C(=O)N=Cc4ccc(Oc5ccc(N(C)C(=O)c6ccc7c8c(ccc(C(=O)N(C)c9ccccc9)c68)C(=O)N(c6ccc(C8CCCC8)c(Oc8ccccc8)c6)C7=O)cc5)cc4)c13)C(=O)N(c1ccc(C3CCCC3)c(Oc3ccccc3)c1)C2=O)c1ccccc1. The normalized spacial score (nSPS) is 14.3. The maximum absolute atomic E-state index is 15.1. The fourth-order valence-corrected chi connectivity index (χ4v) is 15.3. The number of anilines is 5. The summed E-state index contributed by atoms with van der Waals surface area (Å²) >= 11 is 0. The molecule has 526 valence electrons. The van der Waals surface area contributed by atoms with Gasteiger partial charge in [-0.2, -0.15) is 0 Å². The zero-order valence-electron chi connectivity index (χ0n) is 58.8. The molecule has 0 unspecified atom stereocenters. The molecule has 2 aliphatic heterocycles. The Balaban J connectivity index is 0.656. The maximum atomic E-state index is 15.1. The molecule has 107 heavy (non-hydrogen) atoms. The summed E-state index contributed by atoms with van der Waals surface area (Å²) in [4.78, 5) is 130. The number of amides is 8. The number of carbonyl (C=O) groups excluding carboxylic acids is 8. The molecule has 2 saturated carbocycles. The van der Waals surface area contributed by atoms with Crippen molar-refractivity contribution >= 4 is 103 Å². The van der Waals surface area contributed by atoms with Gasteiger partial charge >= 0.3 is 0 Å². The highest BCUT2D eigenvalue weighted by Gasteiger charge is 2.41. The molecule has 2 heterocycles. The lowest BCUT2D eigenvalue weighted by atomic mass is 9.87. The Hall–Kier alpha value is -13.4. The van der Waals surface area contributed by atoms with Crippen LogP contribution >= 0.6 is 0 Å². The number of rotatable bonds is 18. The monoisotopic (exact) mass is 1410 g/mol. The molecule has 0 saturated heterocycles. The molecule has 8 amide bonds. The zero-order chi connectivity index (χ0) is 73.6. The van der Waals surface area contributed by atoms with Crippen LogP contribution in [-0.2, 0) is 0 Å². The fourth-order valence-electron chi connectivity index (χ4n) is 15.3. The quantitative estimate of drug-likeness (QED) is 0.0586. The summed E-state index contributed by atoms with van der Waals surface area (Å²) in [6.45, 7) is 0. The number of aliphatic imine (C=N–C) groups is 1. The second kappa shape index (κ2) is 28.7. The standard InChI is InChI=1S/C90H70N6O11/c1-92(58-24-8-4-9-25-58)84(98)70-46-49-74-81-73(87(101)95(88(74)102)61-36-42-67(56-20-16-17-21-56)77(52-61)106-63-28-12-6-13-29-63)45-44-69(79(70)81)83(97)91-54-55-32-38-65(39-33-55)105-66-40-34-60(35-41-66)94(3)86(100)72-48-51-76-82-75(50-47-71(80(72)82)85(99)93(2)59-26-10-5-11-27-59)89(103)96(90(76)104)62-37-43-68(57-22-18-19-23-57)78(53-62)107-64-30-14-7-15-31-64/h4-15,24-54,56-57H,16-23H2,1-3H3. The van der Waals surface area contributed by atoms with Gasteiger partial charge in [-0.25, -0.2) is 14.8 Å². The molecule has 17 heteroatoms. The van der Waals surface area contributed by atoms with Gasteiger partial charge in [0.15, 0.2) is 0 Å². The van der Waals surface area contributed by atoms with E-state index in [4.69, 9.17) is 14.2 Å². The molecule has 16 rings (SSSR count). The van der Waals surface area contributed by atoms with E-state index in [0.29, 0.717) is 68.5 Å². The van der Waals surface area contributed by atoms with Crippen LogP contribution in [0.5, 0.6) is 34.5 Å². The molecule has 2 fully saturated rings. The molecule has 0 atom stereocenters. The van der Waals surface area contributed by atoms with Crippen molar-refractivity contribution in [2.75, 3.05) is 45.6 Å². The fraction of sp³-hybridized carbons (Fsp3) is 0.144. The molecule has 12 aromatic rings. The zero-order valence-corrected chi connectivity index (χ0v) is 58.8. The van der Waals surface area contributed by atoms with Gasteiger partial charge in [0.05, 0.1) is 16.9 Å². The lowest BCUT2D eigenvalue weighted by Crippen LogP contribution is -2.41. The predicted octanol–water partition coefficient (Wildman–Crippen LogP) is 19.4. The van der Waals surface area contributed by atoms with Crippen molar-refractivity contribution in [1.82, 2.24) is 0 Å². The second-order valence-corrected chi connectivity index (χ2v) is 27.3. The highest BCUT2D eigenvalue weighted by Crippen LogP contribution is 2.47. The van der Waals surface area contributed by atoms with Gasteiger partial charge in [0.2, 0.25) is 0 Å². The number of ether oxygens (including phenoxy) is 3. The summed E-state index contributed by atoms with van der Waals surface area (Å²) in [5.74, 6) is -1.03. The first-order valence-electron chi connectivity index (χ1n) is 35.8. The third-order valence-corrected chi connectivity index (χ3v) is 20.9. The first-order valence-corrected chi connectivity index (χ1v) is 35.8. The van der Waals surface area contributed by atoms with Gasteiger partial charge in [-0.15, -0.1) is 0 Å². The van der Waals surface area contributed by atoms with E-state index in [-0.39, 0.29) is 77.9 Å². The van der Waals surface area contributed by atoms with Gasteiger partial charge in [0.1, 0.15) is 34.5 Å². The summed E-state index contributed by atoms with van der Waals surface area (Å²) in [5, 5.41) is 0.614. The van der Waals surface area contributed by atoms with E-state index in [0.717, 1.165) is 72.3 Å². The van der Waals surface area contributed by atoms with Gasteiger partial charge in [0, 0.05) is 117 Å². The lowest BCUT2D eigenvalue weighted by Gasteiger charge is -2.30. The molecular weight excluding hydrogens is 1340 g/mol. The molecule has 12 aromatic carbocycles. The van der Waals surface area contributed by atoms with E-state index in [9.17, 15) is 24.0 Å². The number of hydrogen-bond donors (Lipinski definition) is 0. The third kappa shape index (κ3) is 12.8. The van der Waals surface area contributed by atoms with Crippen LogP contribution in [0.4, 0.5) is 28.4 Å². The number of benzene rings is 12. The second-order valence-electron chi connectivity index (χ2n) is 27.3. The topological polar surface area (TPSA) is 193 Å². The summed E-state index contributed by atoms with van der Waals surface area (Å²) in [7, 11) is 4.84. The van der Waals surface area contributed by atoms with Crippen LogP contribution < -0.4 is 38.7 Å². The molecule has 0 N–H and O–H groups in total. The van der Waals surface area contributed by atoms with E-state index in [1.165, 1.54) is 51.2 Å². The van der Waals surface area contributed by atoms with Crippen molar-refractivity contribution in [2.45, 2.75) is 63.2 Å². The summed E-state index contributed by atoms with van der Waals surface area (Å²) in [6.07, 6.45) is 9.72. The van der Waals surface area contributed by atoms with Gasteiger partial charge in [-0.05, 0) is 212 Å².